The molecule has 1 unspecified atom stereocenters. The van der Waals surface area contributed by atoms with E-state index in [0.29, 0.717) is 6.54 Å². The Morgan fingerprint density at radius 3 is 2.79 bits per heavy atom. The van der Waals surface area contributed by atoms with Gasteiger partial charge in [-0.1, -0.05) is 6.92 Å². The van der Waals surface area contributed by atoms with Crippen LogP contribution in [0.25, 0.3) is 0 Å². The van der Waals surface area contributed by atoms with Crippen LogP contribution in [-0.2, 0) is 0 Å². The second-order valence-corrected chi connectivity index (χ2v) is 4.31. The van der Waals surface area contributed by atoms with Gasteiger partial charge in [0.1, 0.15) is 6.33 Å². The summed E-state index contributed by atoms with van der Waals surface area (Å²) in [4.78, 5) is 20.1. The molecule has 1 aromatic heterocycles. The molecule has 8 nitrogen and oxygen atoms in total. The van der Waals surface area contributed by atoms with Gasteiger partial charge >= 0.3 is 5.69 Å². The van der Waals surface area contributed by atoms with E-state index >= 15 is 0 Å². The molecule has 8 heteroatoms. The van der Waals surface area contributed by atoms with Crippen molar-refractivity contribution in [2.24, 2.45) is 0 Å². The summed E-state index contributed by atoms with van der Waals surface area (Å²) in [5.74, 6) is 0.397. The van der Waals surface area contributed by atoms with Crippen LogP contribution in [0.3, 0.4) is 0 Å². The van der Waals surface area contributed by atoms with Crippen molar-refractivity contribution in [3.8, 4) is 0 Å². The van der Waals surface area contributed by atoms with E-state index in [0.717, 1.165) is 6.42 Å². The monoisotopic (exact) mass is 269 g/mol. The zero-order chi connectivity index (χ0) is 14.4. The van der Waals surface area contributed by atoms with E-state index in [1.165, 1.54) is 6.33 Å². The van der Waals surface area contributed by atoms with Gasteiger partial charge in [-0.3, -0.25) is 10.1 Å². The number of likely N-dealkylation sites (N-methyl/N-ethyl adjacent to an activating group) is 1. The fraction of sp³-hybridized carbons (Fsp3) is 0.636. The highest BCUT2D eigenvalue weighted by Crippen LogP contribution is 2.30. The summed E-state index contributed by atoms with van der Waals surface area (Å²) in [6.07, 6.45) is 1.51. The number of nitrogens with one attached hydrogen (secondary N) is 1. The van der Waals surface area contributed by atoms with Gasteiger partial charge in [0.2, 0.25) is 11.6 Å². The molecule has 19 heavy (non-hydrogen) atoms. The third kappa shape index (κ3) is 4.02. The molecule has 0 saturated carbocycles. The van der Waals surface area contributed by atoms with Crippen LogP contribution in [0.5, 0.6) is 0 Å². The number of rotatable bonds is 7. The summed E-state index contributed by atoms with van der Waals surface area (Å²) in [5, 5.41) is 23.5. The molecule has 1 aromatic rings. The second kappa shape index (κ2) is 6.83. The van der Waals surface area contributed by atoms with Gasteiger partial charge in [0.05, 0.1) is 11.0 Å². The maximum Gasteiger partial charge on any atom is 0.353 e. The van der Waals surface area contributed by atoms with E-state index in [2.05, 4.69) is 15.3 Å². The second-order valence-electron chi connectivity index (χ2n) is 4.31. The molecular weight excluding hydrogens is 250 g/mol. The number of nitrogens with zero attached hydrogens (tertiary/aromatic N) is 4. The molecule has 1 heterocycles. The Hall–Kier alpha value is -1.96. The number of aromatic nitrogens is 2. The highest BCUT2D eigenvalue weighted by molar-refractivity contribution is 5.70. The maximum absolute atomic E-state index is 11.2. The molecule has 0 saturated heterocycles. The van der Waals surface area contributed by atoms with E-state index in [1.807, 2.05) is 6.92 Å². The lowest BCUT2D eigenvalue weighted by Gasteiger charge is -2.20. The predicted molar refractivity (Wildman–Crippen MR) is 72.4 cm³/mol. The molecule has 106 valence electrons. The van der Waals surface area contributed by atoms with Crippen LogP contribution in [0.4, 0.5) is 17.3 Å². The summed E-state index contributed by atoms with van der Waals surface area (Å²) < 4.78 is 0. The minimum absolute atomic E-state index is 0.167. The number of hydrogen-bond acceptors (Lipinski definition) is 7. The Morgan fingerprint density at radius 2 is 2.26 bits per heavy atom. The Bertz CT molecular complexity index is 438. The van der Waals surface area contributed by atoms with Crippen molar-refractivity contribution < 1.29 is 10.0 Å². The summed E-state index contributed by atoms with van der Waals surface area (Å²) in [6, 6.07) is 0. The van der Waals surface area contributed by atoms with Gasteiger partial charge in [-0.25, -0.2) is 9.97 Å². The first-order valence-corrected chi connectivity index (χ1v) is 6.09. The highest BCUT2D eigenvalue weighted by atomic mass is 16.6. The Labute approximate surface area is 111 Å². The van der Waals surface area contributed by atoms with Crippen LogP contribution in [-0.4, -0.2) is 46.2 Å². The quantitative estimate of drug-likeness (QED) is 0.562. The summed E-state index contributed by atoms with van der Waals surface area (Å²) >= 11 is 0. The molecule has 0 bridgehead atoms. The van der Waals surface area contributed by atoms with Crippen molar-refractivity contribution in [1.82, 2.24) is 9.97 Å². The normalized spacial score (nSPS) is 12.0. The van der Waals surface area contributed by atoms with Gasteiger partial charge in [-0.15, -0.1) is 0 Å². The third-order valence-corrected chi connectivity index (χ3v) is 2.43. The van der Waals surface area contributed by atoms with Crippen molar-refractivity contribution in [3.05, 3.63) is 16.4 Å². The first kappa shape index (κ1) is 15.1. The molecule has 0 radical (unpaired) electrons. The highest BCUT2D eigenvalue weighted by Gasteiger charge is 2.25. The van der Waals surface area contributed by atoms with Gasteiger partial charge in [0, 0.05) is 20.1 Å². The van der Waals surface area contributed by atoms with E-state index in [9.17, 15) is 15.2 Å². The molecule has 2 N–H and O–H groups in total. The average molecular weight is 269 g/mol. The van der Waals surface area contributed by atoms with Crippen molar-refractivity contribution >= 4 is 17.3 Å². The van der Waals surface area contributed by atoms with E-state index in [4.69, 9.17) is 0 Å². The van der Waals surface area contributed by atoms with Gasteiger partial charge < -0.3 is 15.3 Å². The fourth-order valence-electron chi connectivity index (χ4n) is 1.67. The molecule has 0 fully saturated rings. The molecule has 0 aliphatic carbocycles. The van der Waals surface area contributed by atoms with E-state index in [1.54, 1.807) is 18.9 Å². The van der Waals surface area contributed by atoms with Crippen molar-refractivity contribution in [3.63, 3.8) is 0 Å². The largest absolute Gasteiger partial charge is 0.392 e. The smallest absolute Gasteiger partial charge is 0.353 e. The Kier molecular flexibility index (Phi) is 5.43. The molecule has 0 aliphatic rings. The first-order valence-electron chi connectivity index (χ1n) is 6.09. The lowest BCUT2D eigenvalue weighted by atomic mass is 10.3. The predicted octanol–water partition coefficient (Wildman–Crippen LogP) is 1.02. The lowest BCUT2D eigenvalue weighted by molar-refractivity contribution is -0.383. The molecule has 0 amide bonds. The Balaban J connectivity index is 3.12. The molecule has 1 atom stereocenters. The number of anilines is 2. The zero-order valence-corrected chi connectivity index (χ0v) is 11.3. The Morgan fingerprint density at radius 1 is 1.58 bits per heavy atom. The minimum Gasteiger partial charge on any atom is -0.392 e. The summed E-state index contributed by atoms with van der Waals surface area (Å²) in [5.41, 5.74) is -0.167. The standard InChI is InChI=1S/C11H19N5O3/c1-4-5-12-10-9(16(18)19)11(14-7-13-10)15(3)6-8(2)17/h7-8,17H,4-6H2,1-3H3,(H,12,13,14). The topological polar surface area (TPSA) is 104 Å². The molecule has 0 aromatic carbocycles. The number of hydrogen-bond donors (Lipinski definition) is 2. The first-order chi connectivity index (χ1) is 8.97. The van der Waals surface area contributed by atoms with Crippen LogP contribution >= 0.6 is 0 Å². The van der Waals surface area contributed by atoms with Crippen molar-refractivity contribution in [1.29, 1.82) is 0 Å². The van der Waals surface area contributed by atoms with Gasteiger partial charge in [-0.2, -0.15) is 0 Å². The summed E-state index contributed by atoms with van der Waals surface area (Å²) in [6.45, 7) is 4.42. The van der Waals surface area contributed by atoms with Crippen LogP contribution in [0.15, 0.2) is 6.33 Å². The van der Waals surface area contributed by atoms with Crippen molar-refractivity contribution in [2.45, 2.75) is 26.4 Å². The third-order valence-electron chi connectivity index (χ3n) is 2.43. The number of aliphatic hydroxyl groups excluding tert-OH is 1. The molecule has 0 spiro atoms. The summed E-state index contributed by atoms with van der Waals surface area (Å²) in [7, 11) is 1.64. The molecule has 1 rings (SSSR count). The SMILES string of the molecule is CCCNc1ncnc(N(C)CC(C)O)c1[N+](=O)[O-]. The fourth-order valence-corrected chi connectivity index (χ4v) is 1.67. The number of nitro groups is 1. The maximum atomic E-state index is 11.2. The van der Waals surface area contributed by atoms with Crippen LogP contribution in [0, 0.1) is 10.1 Å². The van der Waals surface area contributed by atoms with Crippen LogP contribution < -0.4 is 10.2 Å². The van der Waals surface area contributed by atoms with Gasteiger partial charge in [0.25, 0.3) is 0 Å². The number of aliphatic hydroxyl groups is 1. The van der Waals surface area contributed by atoms with Crippen LogP contribution in [0.2, 0.25) is 0 Å². The van der Waals surface area contributed by atoms with Gasteiger partial charge in [-0.05, 0) is 13.3 Å². The van der Waals surface area contributed by atoms with Crippen LogP contribution in [0.1, 0.15) is 20.3 Å². The van der Waals surface area contributed by atoms with E-state index < -0.39 is 11.0 Å². The van der Waals surface area contributed by atoms with E-state index in [-0.39, 0.29) is 23.9 Å². The molecule has 0 aliphatic heterocycles. The van der Waals surface area contributed by atoms with Gasteiger partial charge in [0.15, 0.2) is 0 Å². The lowest BCUT2D eigenvalue weighted by Crippen LogP contribution is -2.28. The minimum atomic E-state index is -0.605. The van der Waals surface area contributed by atoms with Crippen molar-refractivity contribution in [2.75, 3.05) is 30.4 Å². The average Bonchev–Trinajstić information content (AvgIpc) is 2.34. The zero-order valence-electron chi connectivity index (χ0n) is 11.3. The molecular formula is C11H19N5O3.